The largest absolute Gasteiger partial charge is 0.396 e. The molecule has 0 saturated heterocycles. The molecule has 4 nitrogen and oxygen atoms in total. The fraction of sp³-hybridized carbons (Fsp3) is 0.800. The lowest BCUT2D eigenvalue weighted by Crippen LogP contribution is -2.42. The number of rotatable bonds is 8. The molecule has 1 aliphatic rings. The van der Waals surface area contributed by atoms with Crippen LogP contribution >= 0.6 is 0 Å². The van der Waals surface area contributed by atoms with E-state index < -0.39 is 0 Å². The molecule has 2 N–H and O–H groups in total. The molecular formula is C15H25NO3. The third-order valence-electron chi connectivity index (χ3n) is 3.66. The van der Waals surface area contributed by atoms with Gasteiger partial charge in [0.2, 0.25) is 5.91 Å². The molecule has 0 aliphatic heterocycles. The van der Waals surface area contributed by atoms with E-state index in [-0.39, 0.29) is 25.2 Å². The van der Waals surface area contributed by atoms with Crippen molar-refractivity contribution in [3.05, 3.63) is 0 Å². The molecule has 0 bridgehead atoms. The summed E-state index contributed by atoms with van der Waals surface area (Å²) >= 11 is 0. The third-order valence-corrected chi connectivity index (χ3v) is 3.66. The molecule has 1 saturated carbocycles. The van der Waals surface area contributed by atoms with Crippen LogP contribution in [0.5, 0.6) is 0 Å². The van der Waals surface area contributed by atoms with Gasteiger partial charge in [-0.15, -0.1) is 6.42 Å². The molecule has 0 radical (unpaired) electrons. The second-order valence-corrected chi connectivity index (χ2v) is 5.09. The summed E-state index contributed by atoms with van der Waals surface area (Å²) in [6, 6.07) is 0.102. The van der Waals surface area contributed by atoms with Crippen molar-refractivity contribution in [3.63, 3.8) is 0 Å². The Bertz CT molecular complexity index is 292. The van der Waals surface area contributed by atoms with Crippen LogP contribution in [-0.2, 0) is 9.53 Å². The van der Waals surface area contributed by atoms with Crippen LogP contribution in [-0.4, -0.2) is 36.9 Å². The van der Waals surface area contributed by atoms with Crippen LogP contribution in [0.4, 0.5) is 0 Å². The standard InChI is InChI=1S/C15H25NO3/c1-2-11-19-12-9-15(18)16-14(8-10-17)13-6-4-3-5-7-13/h1,13-14,17H,3-12H2,(H,16,18). The molecule has 108 valence electrons. The van der Waals surface area contributed by atoms with Crippen LogP contribution in [0.1, 0.15) is 44.9 Å². The van der Waals surface area contributed by atoms with Crippen molar-refractivity contribution in [2.24, 2.45) is 5.92 Å². The summed E-state index contributed by atoms with van der Waals surface area (Å²) in [5.41, 5.74) is 0. The van der Waals surface area contributed by atoms with Gasteiger partial charge in [-0.1, -0.05) is 25.2 Å². The molecule has 0 aromatic carbocycles. The zero-order chi connectivity index (χ0) is 13.9. The maximum absolute atomic E-state index is 11.8. The minimum atomic E-state index is -0.0129. The van der Waals surface area contributed by atoms with Gasteiger partial charge < -0.3 is 15.2 Å². The van der Waals surface area contributed by atoms with E-state index in [0.29, 0.717) is 25.4 Å². The summed E-state index contributed by atoms with van der Waals surface area (Å²) in [6.45, 7) is 0.720. The molecular weight excluding hydrogens is 242 g/mol. The minimum absolute atomic E-state index is 0.0129. The van der Waals surface area contributed by atoms with E-state index in [1.807, 2.05) is 0 Å². The number of hydrogen-bond acceptors (Lipinski definition) is 3. The second kappa shape index (κ2) is 9.82. The minimum Gasteiger partial charge on any atom is -0.396 e. The van der Waals surface area contributed by atoms with Crippen LogP contribution in [0.3, 0.4) is 0 Å². The van der Waals surface area contributed by atoms with Crippen molar-refractivity contribution in [1.82, 2.24) is 5.32 Å². The molecule has 0 aromatic rings. The van der Waals surface area contributed by atoms with Crippen molar-refractivity contribution < 1.29 is 14.6 Å². The van der Waals surface area contributed by atoms with Gasteiger partial charge in [0.15, 0.2) is 0 Å². The highest BCUT2D eigenvalue weighted by Crippen LogP contribution is 2.27. The number of hydrogen-bond donors (Lipinski definition) is 2. The first-order chi connectivity index (χ1) is 9.27. The third kappa shape index (κ3) is 6.60. The number of terminal acetylenes is 1. The lowest BCUT2D eigenvalue weighted by Gasteiger charge is -2.30. The number of carbonyl (C=O) groups excluding carboxylic acids is 1. The van der Waals surface area contributed by atoms with Crippen molar-refractivity contribution in [3.8, 4) is 12.3 Å². The van der Waals surface area contributed by atoms with Gasteiger partial charge >= 0.3 is 0 Å². The van der Waals surface area contributed by atoms with E-state index in [1.54, 1.807) is 0 Å². The van der Waals surface area contributed by atoms with Crippen LogP contribution in [0.15, 0.2) is 0 Å². The second-order valence-electron chi connectivity index (χ2n) is 5.09. The highest BCUT2D eigenvalue weighted by Gasteiger charge is 2.24. The predicted octanol–water partition coefficient (Wildman–Crippen LogP) is 1.47. The van der Waals surface area contributed by atoms with Crippen molar-refractivity contribution >= 4 is 5.91 Å². The molecule has 4 heteroatoms. The molecule has 0 heterocycles. The summed E-state index contributed by atoms with van der Waals surface area (Å²) in [7, 11) is 0. The molecule has 19 heavy (non-hydrogen) atoms. The first-order valence-corrected chi connectivity index (χ1v) is 7.19. The molecule has 1 rings (SSSR count). The SMILES string of the molecule is C#CCOCCC(=O)NC(CCO)C1CCCCC1. The highest BCUT2D eigenvalue weighted by atomic mass is 16.5. The first-order valence-electron chi connectivity index (χ1n) is 7.19. The molecule has 1 aliphatic carbocycles. The zero-order valence-corrected chi connectivity index (χ0v) is 11.6. The van der Waals surface area contributed by atoms with Gasteiger partial charge in [-0.05, 0) is 25.2 Å². The van der Waals surface area contributed by atoms with E-state index in [9.17, 15) is 4.79 Å². The maximum atomic E-state index is 11.8. The van der Waals surface area contributed by atoms with Gasteiger partial charge in [0.05, 0.1) is 13.0 Å². The number of ether oxygens (including phenoxy) is 1. The average Bonchev–Trinajstić information content (AvgIpc) is 2.44. The van der Waals surface area contributed by atoms with E-state index in [4.69, 9.17) is 16.3 Å². The summed E-state index contributed by atoms with van der Waals surface area (Å²) < 4.78 is 5.09. The smallest absolute Gasteiger partial charge is 0.222 e. The Kier molecular flexibility index (Phi) is 8.28. The van der Waals surface area contributed by atoms with Crippen molar-refractivity contribution in [2.75, 3.05) is 19.8 Å². The Morgan fingerprint density at radius 2 is 2.16 bits per heavy atom. The first kappa shape index (κ1) is 16.0. The normalized spacial score (nSPS) is 17.7. The monoisotopic (exact) mass is 267 g/mol. The molecule has 0 aromatic heterocycles. The topological polar surface area (TPSA) is 58.6 Å². The average molecular weight is 267 g/mol. The van der Waals surface area contributed by atoms with E-state index >= 15 is 0 Å². The number of aliphatic hydroxyl groups excluding tert-OH is 1. The van der Waals surface area contributed by atoms with Crippen LogP contribution < -0.4 is 5.32 Å². The van der Waals surface area contributed by atoms with Gasteiger partial charge in [-0.25, -0.2) is 0 Å². The zero-order valence-electron chi connectivity index (χ0n) is 11.6. The van der Waals surface area contributed by atoms with Crippen LogP contribution in [0.2, 0.25) is 0 Å². The van der Waals surface area contributed by atoms with Gasteiger partial charge in [0.1, 0.15) is 6.61 Å². The van der Waals surface area contributed by atoms with Gasteiger partial charge in [-0.3, -0.25) is 4.79 Å². The van der Waals surface area contributed by atoms with E-state index in [1.165, 1.54) is 19.3 Å². The Morgan fingerprint density at radius 1 is 1.42 bits per heavy atom. The summed E-state index contributed by atoms with van der Waals surface area (Å²) in [5, 5.41) is 12.2. The molecule has 1 fully saturated rings. The molecule has 0 spiro atoms. The fourth-order valence-corrected chi connectivity index (χ4v) is 2.68. The Labute approximate surface area is 115 Å². The number of aliphatic hydroxyl groups is 1. The molecule has 1 atom stereocenters. The van der Waals surface area contributed by atoms with Gasteiger partial charge in [-0.2, -0.15) is 0 Å². The van der Waals surface area contributed by atoms with Gasteiger partial charge in [0, 0.05) is 12.6 Å². The highest BCUT2D eigenvalue weighted by molar-refractivity contribution is 5.76. The lowest BCUT2D eigenvalue weighted by molar-refractivity contribution is -0.123. The van der Waals surface area contributed by atoms with E-state index in [2.05, 4.69) is 11.2 Å². The summed E-state index contributed by atoms with van der Waals surface area (Å²) in [4.78, 5) is 11.8. The Balaban J connectivity index is 2.30. The summed E-state index contributed by atoms with van der Waals surface area (Å²) in [5.74, 6) is 2.86. The Morgan fingerprint density at radius 3 is 2.79 bits per heavy atom. The van der Waals surface area contributed by atoms with Crippen molar-refractivity contribution in [2.45, 2.75) is 51.0 Å². The predicted molar refractivity (Wildman–Crippen MR) is 74.5 cm³/mol. The lowest BCUT2D eigenvalue weighted by atomic mass is 9.82. The number of nitrogens with one attached hydrogen (secondary N) is 1. The van der Waals surface area contributed by atoms with Gasteiger partial charge in [0.25, 0.3) is 0 Å². The van der Waals surface area contributed by atoms with Crippen LogP contribution in [0.25, 0.3) is 0 Å². The quantitative estimate of drug-likeness (QED) is 0.517. The summed E-state index contributed by atoms with van der Waals surface area (Å²) in [6.07, 6.45) is 12.1. The maximum Gasteiger partial charge on any atom is 0.222 e. The Hall–Kier alpha value is -1.05. The molecule has 1 unspecified atom stereocenters. The fourth-order valence-electron chi connectivity index (χ4n) is 2.68. The number of amides is 1. The number of carbonyl (C=O) groups is 1. The van der Waals surface area contributed by atoms with Crippen molar-refractivity contribution in [1.29, 1.82) is 0 Å². The van der Waals surface area contributed by atoms with Crippen LogP contribution in [0, 0.1) is 18.3 Å². The van der Waals surface area contributed by atoms with E-state index in [0.717, 1.165) is 12.8 Å². The molecule has 1 amide bonds.